The summed E-state index contributed by atoms with van der Waals surface area (Å²) >= 11 is 5.89. The highest BCUT2D eigenvalue weighted by Gasteiger charge is 2.23. The normalized spacial score (nSPS) is 12.0. The molecule has 0 aliphatic rings. The van der Waals surface area contributed by atoms with Crippen LogP contribution in [0.25, 0.3) is 16.6 Å². The van der Waals surface area contributed by atoms with Gasteiger partial charge in [0.05, 0.1) is 21.6 Å². The highest BCUT2D eigenvalue weighted by Crippen LogP contribution is 2.20. The average molecular weight is 484 g/mol. The number of hydrogen-bond donors (Lipinski definition) is 1. The second-order valence-corrected chi connectivity index (χ2v) is 8.34. The van der Waals surface area contributed by atoms with Crippen LogP contribution in [0.3, 0.4) is 0 Å². The van der Waals surface area contributed by atoms with Crippen molar-refractivity contribution in [3.63, 3.8) is 0 Å². The van der Waals surface area contributed by atoms with Crippen molar-refractivity contribution >= 4 is 28.4 Å². The molecule has 1 aromatic heterocycles. The van der Waals surface area contributed by atoms with Gasteiger partial charge in [-0.1, -0.05) is 35.4 Å². The van der Waals surface area contributed by atoms with Crippen LogP contribution in [0.5, 0.6) is 0 Å². The Hall–Kier alpha value is -3.78. The molecule has 1 heterocycles. The molecule has 34 heavy (non-hydrogen) atoms. The molecule has 0 unspecified atom stereocenters. The van der Waals surface area contributed by atoms with E-state index in [-0.39, 0.29) is 34.0 Å². The molecule has 6 nitrogen and oxygen atoms in total. The Morgan fingerprint density at radius 2 is 1.74 bits per heavy atom. The number of carbonyl (C=O) groups is 1. The summed E-state index contributed by atoms with van der Waals surface area (Å²) < 4.78 is 28.9. The SMILES string of the molecule is Cc1ccc2c(c1)c(=O)n(-c1ccc(F)c(Cl)c1)c(=O)n2[C@H](C)C(=O)NCc1ccc(F)cc1. The number of aryl methyl sites for hydroxylation is 1. The van der Waals surface area contributed by atoms with Gasteiger partial charge in [-0.25, -0.2) is 18.1 Å². The van der Waals surface area contributed by atoms with E-state index in [0.29, 0.717) is 5.56 Å². The lowest BCUT2D eigenvalue weighted by Gasteiger charge is -2.20. The van der Waals surface area contributed by atoms with Gasteiger partial charge in [-0.05, 0) is 61.9 Å². The van der Waals surface area contributed by atoms with Crippen LogP contribution in [0, 0.1) is 18.6 Å². The first-order valence-electron chi connectivity index (χ1n) is 10.4. The number of nitrogens with one attached hydrogen (secondary N) is 1. The largest absolute Gasteiger partial charge is 0.350 e. The molecule has 9 heteroatoms. The Balaban J connectivity index is 1.83. The van der Waals surface area contributed by atoms with E-state index < -0.39 is 29.0 Å². The fourth-order valence-electron chi connectivity index (χ4n) is 3.73. The van der Waals surface area contributed by atoms with Crippen LogP contribution in [0.1, 0.15) is 24.1 Å². The van der Waals surface area contributed by atoms with Gasteiger partial charge in [-0.2, -0.15) is 0 Å². The molecule has 1 amide bonds. The molecule has 3 aromatic carbocycles. The molecule has 0 bridgehead atoms. The van der Waals surface area contributed by atoms with E-state index in [1.54, 1.807) is 37.3 Å². The molecule has 1 atom stereocenters. The second-order valence-electron chi connectivity index (χ2n) is 7.93. The van der Waals surface area contributed by atoms with E-state index in [4.69, 9.17) is 11.6 Å². The van der Waals surface area contributed by atoms with Crippen LogP contribution >= 0.6 is 11.6 Å². The van der Waals surface area contributed by atoms with Crippen molar-refractivity contribution < 1.29 is 13.6 Å². The van der Waals surface area contributed by atoms with Gasteiger partial charge in [0.25, 0.3) is 5.56 Å². The Labute approximate surface area is 198 Å². The summed E-state index contributed by atoms with van der Waals surface area (Å²) in [5.41, 5.74) is 0.453. The lowest BCUT2D eigenvalue weighted by molar-refractivity contribution is -0.124. The molecule has 174 valence electrons. The first-order chi connectivity index (χ1) is 16.2. The quantitative estimate of drug-likeness (QED) is 0.461. The van der Waals surface area contributed by atoms with Gasteiger partial charge in [-0.3, -0.25) is 14.2 Å². The number of nitrogens with zero attached hydrogens (tertiary/aromatic N) is 2. The lowest BCUT2D eigenvalue weighted by atomic mass is 10.1. The van der Waals surface area contributed by atoms with Crippen molar-refractivity contribution in [1.29, 1.82) is 0 Å². The van der Waals surface area contributed by atoms with Crippen molar-refractivity contribution in [2.24, 2.45) is 0 Å². The highest BCUT2D eigenvalue weighted by molar-refractivity contribution is 6.30. The first kappa shape index (κ1) is 23.4. The predicted molar refractivity (Wildman–Crippen MR) is 126 cm³/mol. The molecule has 0 fully saturated rings. The van der Waals surface area contributed by atoms with Crippen molar-refractivity contribution in [3.05, 3.63) is 109 Å². The minimum Gasteiger partial charge on any atom is -0.350 e. The first-order valence-corrected chi connectivity index (χ1v) is 10.8. The highest BCUT2D eigenvalue weighted by atomic mass is 35.5. The Morgan fingerprint density at radius 1 is 1.03 bits per heavy atom. The summed E-state index contributed by atoms with van der Waals surface area (Å²) in [6.45, 7) is 3.46. The van der Waals surface area contributed by atoms with Crippen LogP contribution in [-0.2, 0) is 11.3 Å². The van der Waals surface area contributed by atoms with E-state index in [9.17, 15) is 23.2 Å². The maximum Gasteiger partial charge on any atom is 0.336 e. The molecule has 0 radical (unpaired) electrons. The Kier molecular flexibility index (Phi) is 6.34. The molecule has 1 N–H and O–H groups in total. The van der Waals surface area contributed by atoms with Crippen LogP contribution in [0.15, 0.2) is 70.3 Å². The third-order valence-electron chi connectivity index (χ3n) is 5.55. The van der Waals surface area contributed by atoms with Gasteiger partial charge in [0.15, 0.2) is 0 Å². The maximum atomic E-state index is 13.7. The third kappa shape index (κ3) is 4.36. The number of hydrogen-bond acceptors (Lipinski definition) is 3. The van der Waals surface area contributed by atoms with E-state index in [1.807, 2.05) is 0 Å². The molecule has 0 spiro atoms. The number of halogens is 3. The number of rotatable bonds is 5. The summed E-state index contributed by atoms with van der Waals surface area (Å²) in [4.78, 5) is 39.7. The standard InChI is InChI=1S/C25H20ClF2N3O3/c1-14-3-10-22-19(11-14)24(33)31(18-8-9-21(28)20(26)12-18)25(34)30(22)15(2)23(32)29-13-16-4-6-17(27)7-5-16/h3-12,15H,13H2,1-2H3,(H,29,32)/t15-/m1/s1. The maximum absolute atomic E-state index is 13.7. The van der Waals surface area contributed by atoms with Crippen molar-refractivity contribution in [3.8, 4) is 5.69 Å². The van der Waals surface area contributed by atoms with Crippen LogP contribution in [0.4, 0.5) is 8.78 Å². The number of carbonyl (C=O) groups excluding carboxylic acids is 1. The molecule has 4 rings (SSSR count). The zero-order chi connectivity index (χ0) is 24.6. The lowest BCUT2D eigenvalue weighted by Crippen LogP contribution is -2.43. The molecule has 0 aliphatic carbocycles. The summed E-state index contributed by atoms with van der Waals surface area (Å²) in [6, 6.07) is 13.2. The van der Waals surface area contributed by atoms with Crippen molar-refractivity contribution in [2.75, 3.05) is 0 Å². The van der Waals surface area contributed by atoms with E-state index in [1.165, 1.54) is 35.8 Å². The monoisotopic (exact) mass is 483 g/mol. The van der Waals surface area contributed by atoms with Gasteiger partial charge in [0.1, 0.15) is 17.7 Å². The van der Waals surface area contributed by atoms with Gasteiger partial charge in [-0.15, -0.1) is 0 Å². The zero-order valence-electron chi connectivity index (χ0n) is 18.3. The van der Waals surface area contributed by atoms with Gasteiger partial charge in [0, 0.05) is 6.54 Å². The minimum absolute atomic E-state index is 0.0810. The molecule has 4 aromatic rings. The van der Waals surface area contributed by atoms with Crippen LogP contribution in [0.2, 0.25) is 5.02 Å². The van der Waals surface area contributed by atoms with Crippen LogP contribution < -0.4 is 16.6 Å². The third-order valence-corrected chi connectivity index (χ3v) is 5.84. The number of fused-ring (bicyclic) bond motifs is 1. The summed E-state index contributed by atoms with van der Waals surface area (Å²) in [5, 5.41) is 2.71. The average Bonchev–Trinajstić information content (AvgIpc) is 2.81. The van der Waals surface area contributed by atoms with Gasteiger partial charge < -0.3 is 5.32 Å². The summed E-state index contributed by atoms with van der Waals surface area (Å²) in [6.07, 6.45) is 0. The van der Waals surface area contributed by atoms with E-state index in [2.05, 4.69) is 5.32 Å². The molecule has 0 saturated carbocycles. The Morgan fingerprint density at radius 3 is 2.41 bits per heavy atom. The number of aromatic nitrogens is 2. The number of amides is 1. The van der Waals surface area contributed by atoms with Crippen LogP contribution in [-0.4, -0.2) is 15.0 Å². The topological polar surface area (TPSA) is 73.1 Å². The predicted octanol–water partition coefficient (Wildman–Crippen LogP) is 4.27. The van der Waals surface area contributed by atoms with Gasteiger partial charge in [0.2, 0.25) is 5.91 Å². The van der Waals surface area contributed by atoms with Crippen molar-refractivity contribution in [1.82, 2.24) is 14.5 Å². The smallest absolute Gasteiger partial charge is 0.336 e. The molecule has 0 aliphatic heterocycles. The fraction of sp³-hybridized carbons (Fsp3) is 0.160. The molecule has 0 saturated heterocycles. The van der Waals surface area contributed by atoms with E-state index >= 15 is 0 Å². The molecular weight excluding hydrogens is 464 g/mol. The summed E-state index contributed by atoms with van der Waals surface area (Å²) in [5.74, 6) is -1.56. The van der Waals surface area contributed by atoms with Gasteiger partial charge >= 0.3 is 5.69 Å². The van der Waals surface area contributed by atoms with Crippen molar-refractivity contribution in [2.45, 2.75) is 26.4 Å². The summed E-state index contributed by atoms with van der Waals surface area (Å²) in [7, 11) is 0. The molecular formula is C25H20ClF2N3O3. The Bertz CT molecular complexity index is 1530. The zero-order valence-corrected chi connectivity index (χ0v) is 19.1. The number of benzene rings is 3. The second kappa shape index (κ2) is 9.23. The minimum atomic E-state index is -0.999. The van der Waals surface area contributed by atoms with E-state index in [0.717, 1.165) is 16.2 Å². The fourth-order valence-corrected chi connectivity index (χ4v) is 3.91.